The molecule has 5 nitrogen and oxygen atoms in total. The molecule has 28 heavy (non-hydrogen) atoms. The minimum Gasteiger partial charge on any atom is -0.345 e. The summed E-state index contributed by atoms with van der Waals surface area (Å²) in [6.07, 6.45) is 4.93. The number of halogens is 1. The van der Waals surface area contributed by atoms with Crippen LogP contribution in [0.15, 0.2) is 42.6 Å². The van der Waals surface area contributed by atoms with Gasteiger partial charge in [-0.1, -0.05) is 13.8 Å². The lowest BCUT2D eigenvalue weighted by atomic mass is 9.36. The summed E-state index contributed by atoms with van der Waals surface area (Å²) in [5.74, 6) is -0.712. The van der Waals surface area contributed by atoms with Crippen molar-refractivity contribution < 1.29 is 14.0 Å². The first-order valence-electron chi connectivity index (χ1n) is 9.69. The molecule has 146 valence electrons. The maximum absolute atomic E-state index is 13.0. The van der Waals surface area contributed by atoms with Crippen LogP contribution in [0.1, 0.15) is 49.2 Å². The van der Waals surface area contributed by atoms with E-state index < -0.39 is 0 Å². The van der Waals surface area contributed by atoms with E-state index in [-0.39, 0.29) is 34.5 Å². The van der Waals surface area contributed by atoms with E-state index >= 15 is 0 Å². The quantitative estimate of drug-likeness (QED) is 0.801. The third-order valence-corrected chi connectivity index (χ3v) is 6.34. The van der Waals surface area contributed by atoms with Crippen LogP contribution in [0.5, 0.6) is 0 Å². The third kappa shape index (κ3) is 3.17. The van der Waals surface area contributed by atoms with Gasteiger partial charge in [-0.3, -0.25) is 14.6 Å². The third-order valence-electron chi connectivity index (χ3n) is 6.34. The molecule has 2 aromatic rings. The fourth-order valence-electron chi connectivity index (χ4n) is 4.64. The van der Waals surface area contributed by atoms with E-state index in [2.05, 4.69) is 15.6 Å². The van der Waals surface area contributed by atoms with Gasteiger partial charge in [0.1, 0.15) is 11.5 Å². The molecule has 0 radical (unpaired) electrons. The van der Waals surface area contributed by atoms with E-state index in [0.29, 0.717) is 11.4 Å². The highest BCUT2D eigenvalue weighted by atomic mass is 19.1. The second kappa shape index (κ2) is 6.69. The molecule has 1 aromatic carbocycles. The van der Waals surface area contributed by atoms with Gasteiger partial charge in [-0.05, 0) is 73.1 Å². The highest BCUT2D eigenvalue weighted by Gasteiger charge is 2.71. The molecule has 3 aliphatic carbocycles. The molecule has 3 aliphatic rings. The molecule has 0 spiro atoms. The smallest absolute Gasteiger partial charge is 0.270 e. The van der Waals surface area contributed by atoms with Gasteiger partial charge in [-0.2, -0.15) is 0 Å². The molecule has 2 amide bonds. The normalized spacial score (nSPS) is 25.8. The number of carbonyl (C=O) groups excluding carboxylic acids is 2. The topological polar surface area (TPSA) is 71.1 Å². The summed E-state index contributed by atoms with van der Waals surface area (Å²) in [6.45, 7) is 3.97. The second-order valence-corrected chi connectivity index (χ2v) is 8.25. The average Bonchev–Trinajstić information content (AvgIpc) is 2.64. The van der Waals surface area contributed by atoms with Crippen molar-refractivity contribution in [2.75, 3.05) is 5.32 Å². The molecule has 1 unspecified atom stereocenters. The Bertz CT molecular complexity index is 906. The summed E-state index contributed by atoms with van der Waals surface area (Å²) in [6, 6.07) is 9.51. The van der Waals surface area contributed by atoms with Gasteiger partial charge in [-0.15, -0.1) is 0 Å². The first-order chi connectivity index (χ1) is 13.3. The predicted octanol–water partition coefficient (Wildman–Crippen LogP) is 3.71. The van der Waals surface area contributed by atoms with Crippen LogP contribution in [0.25, 0.3) is 0 Å². The molecule has 6 heteroatoms. The van der Waals surface area contributed by atoms with E-state index in [1.807, 2.05) is 26.0 Å². The van der Waals surface area contributed by atoms with Crippen LogP contribution in [-0.2, 0) is 11.2 Å². The molecule has 3 saturated carbocycles. The number of rotatable bonds is 6. The Labute approximate surface area is 163 Å². The molecule has 1 aromatic heterocycles. The molecular weight excluding hydrogens is 357 g/mol. The van der Waals surface area contributed by atoms with Crippen molar-refractivity contribution in [3.05, 3.63) is 59.7 Å². The predicted molar refractivity (Wildman–Crippen MR) is 104 cm³/mol. The number of hydrogen-bond donors (Lipinski definition) is 2. The summed E-state index contributed by atoms with van der Waals surface area (Å²) in [5, 5.41) is 5.98. The van der Waals surface area contributed by atoms with Crippen LogP contribution in [0, 0.1) is 17.2 Å². The molecular formula is C22H24FN3O2. The van der Waals surface area contributed by atoms with Gasteiger partial charge in [0.05, 0.1) is 0 Å². The lowest BCUT2D eigenvalue weighted by Crippen LogP contribution is -2.77. The van der Waals surface area contributed by atoms with Crippen molar-refractivity contribution >= 4 is 17.5 Å². The van der Waals surface area contributed by atoms with E-state index in [4.69, 9.17) is 0 Å². The zero-order chi connectivity index (χ0) is 19.9. The van der Waals surface area contributed by atoms with Gasteiger partial charge in [0, 0.05) is 23.3 Å². The number of aromatic nitrogens is 1. The maximum Gasteiger partial charge on any atom is 0.270 e. The maximum atomic E-state index is 13.0. The minimum atomic E-state index is -0.331. The number of carbonyl (C=O) groups is 2. The van der Waals surface area contributed by atoms with Crippen LogP contribution >= 0.6 is 0 Å². The van der Waals surface area contributed by atoms with E-state index in [1.165, 1.54) is 12.1 Å². The monoisotopic (exact) mass is 381 g/mol. The number of anilines is 1. The van der Waals surface area contributed by atoms with Gasteiger partial charge in [0.2, 0.25) is 5.91 Å². The SMILES string of the molecule is CCc1ccnc(C(=O)NC23CC(C(C)C(=O)Nc4ccc(F)cc4)(C2)C3)c1. The van der Waals surface area contributed by atoms with Crippen LogP contribution < -0.4 is 10.6 Å². The van der Waals surface area contributed by atoms with Crippen molar-refractivity contribution in [3.8, 4) is 0 Å². The van der Waals surface area contributed by atoms with E-state index in [0.717, 1.165) is 31.2 Å². The molecule has 5 rings (SSSR count). The summed E-state index contributed by atoms with van der Waals surface area (Å²) >= 11 is 0. The molecule has 0 saturated heterocycles. The Balaban J connectivity index is 1.33. The minimum absolute atomic E-state index is 0.0594. The van der Waals surface area contributed by atoms with Crippen LogP contribution in [0.3, 0.4) is 0 Å². The number of pyridine rings is 1. The second-order valence-electron chi connectivity index (χ2n) is 8.25. The highest BCUT2D eigenvalue weighted by Crippen LogP contribution is 2.70. The van der Waals surface area contributed by atoms with Crippen LogP contribution in [0.4, 0.5) is 10.1 Å². The van der Waals surface area contributed by atoms with Crippen molar-refractivity contribution in [1.29, 1.82) is 0 Å². The number of aryl methyl sites for hydroxylation is 1. The Hall–Kier alpha value is -2.76. The number of benzene rings is 1. The van der Waals surface area contributed by atoms with Crippen molar-refractivity contribution in [1.82, 2.24) is 10.3 Å². The molecule has 2 N–H and O–H groups in total. The standard InChI is InChI=1S/C22H24FN3O2/c1-3-15-8-9-24-18(10-15)20(28)26-22-11-21(12-22,13-22)14(2)19(27)25-17-6-4-16(23)5-7-17/h4-10,14H,3,11-13H2,1-2H3,(H,25,27)(H,26,28). The zero-order valence-corrected chi connectivity index (χ0v) is 16.1. The molecule has 1 atom stereocenters. The van der Waals surface area contributed by atoms with Crippen molar-refractivity contribution in [3.63, 3.8) is 0 Å². The average molecular weight is 381 g/mol. The number of nitrogens with zero attached hydrogens (tertiary/aromatic N) is 1. The lowest BCUT2D eigenvalue weighted by Gasteiger charge is -2.72. The van der Waals surface area contributed by atoms with Crippen LogP contribution in [-0.4, -0.2) is 22.3 Å². The van der Waals surface area contributed by atoms with E-state index in [9.17, 15) is 14.0 Å². The lowest BCUT2D eigenvalue weighted by molar-refractivity contribution is -0.184. The Morgan fingerprint density at radius 2 is 1.86 bits per heavy atom. The van der Waals surface area contributed by atoms with Gasteiger partial charge >= 0.3 is 0 Å². The number of hydrogen-bond acceptors (Lipinski definition) is 3. The fraction of sp³-hybridized carbons (Fsp3) is 0.409. The Kier molecular flexibility index (Phi) is 4.44. The van der Waals surface area contributed by atoms with Crippen molar-refractivity contribution in [2.24, 2.45) is 11.3 Å². The van der Waals surface area contributed by atoms with Crippen LogP contribution in [0.2, 0.25) is 0 Å². The van der Waals surface area contributed by atoms with Gasteiger partial charge in [0.25, 0.3) is 5.91 Å². The van der Waals surface area contributed by atoms with E-state index in [1.54, 1.807) is 18.3 Å². The first kappa shape index (κ1) is 18.6. The summed E-state index contributed by atoms with van der Waals surface area (Å²) in [5.41, 5.74) is 1.86. The molecule has 2 bridgehead atoms. The number of nitrogens with one attached hydrogen (secondary N) is 2. The van der Waals surface area contributed by atoms with Gasteiger partial charge in [0.15, 0.2) is 0 Å². The van der Waals surface area contributed by atoms with Crippen molar-refractivity contribution in [2.45, 2.75) is 45.1 Å². The zero-order valence-electron chi connectivity index (χ0n) is 16.1. The molecule has 3 fully saturated rings. The first-order valence-corrected chi connectivity index (χ1v) is 9.69. The van der Waals surface area contributed by atoms with Gasteiger partial charge in [-0.25, -0.2) is 4.39 Å². The summed E-state index contributed by atoms with van der Waals surface area (Å²) in [7, 11) is 0. The fourth-order valence-corrected chi connectivity index (χ4v) is 4.64. The summed E-state index contributed by atoms with van der Waals surface area (Å²) in [4.78, 5) is 29.3. The largest absolute Gasteiger partial charge is 0.345 e. The Morgan fingerprint density at radius 3 is 2.50 bits per heavy atom. The number of amides is 2. The Morgan fingerprint density at radius 1 is 1.18 bits per heavy atom. The molecule has 0 aliphatic heterocycles. The highest BCUT2D eigenvalue weighted by molar-refractivity contribution is 5.95. The van der Waals surface area contributed by atoms with Gasteiger partial charge < -0.3 is 10.6 Å². The summed E-state index contributed by atoms with van der Waals surface area (Å²) < 4.78 is 13.0. The molecule has 1 heterocycles.